The molecule has 1 aliphatic heterocycles. The molecule has 1 unspecified atom stereocenters. The fraction of sp³-hybridized carbons (Fsp3) is 0.348. The average molecular weight is 444 g/mol. The molecule has 0 radical (unpaired) electrons. The largest absolute Gasteiger partial charge is 0.507 e. The smallest absolute Gasteiger partial charge is 0.295 e. The summed E-state index contributed by atoms with van der Waals surface area (Å²) in [5.41, 5.74) is 1.10. The number of Topliss-reactive ketones (excluding diaryl/α,β-unsaturated/α-hetero) is 1. The first kappa shape index (κ1) is 22.8. The van der Waals surface area contributed by atoms with Crippen molar-refractivity contribution in [2.75, 3.05) is 33.8 Å². The number of halogens is 1. The van der Waals surface area contributed by atoms with Crippen molar-refractivity contribution in [3.05, 3.63) is 64.4 Å². The lowest BCUT2D eigenvalue weighted by Gasteiger charge is -2.25. The van der Waals surface area contributed by atoms with Crippen LogP contribution in [0.5, 0.6) is 5.75 Å². The number of carbonyl (C=O) groups excluding carboxylic acids is 2. The summed E-state index contributed by atoms with van der Waals surface area (Å²) in [5.74, 6) is -1.12. The van der Waals surface area contributed by atoms with E-state index in [-0.39, 0.29) is 11.3 Å². The summed E-state index contributed by atoms with van der Waals surface area (Å²) in [5, 5.41) is 11.4. The molecule has 1 aromatic heterocycles. The van der Waals surface area contributed by atoms with Crippen molar-refractivity contribution in [1.29, 1.82) is 0 Å². The number of aliphatic hydroxyl groups is 1. The fourth-order valence-corrected chi connectivity index (χ4v) is 3.87. The maximum absolute atomic E-state index is 13.0. The summed E-state index contributed by atoms with van der Waals surface area (Å²) in [4.78, 5) is 33.4. The number of nitrogens with zero attached hydrogens (tertiary/aromatic N) is 3. The van der Waals surface area contributed by atoms with Crippen LogP contribution in [0.25, 0.3) is 5.76 Å². The molecule has 1 N–H and O–H groups in total. The van der Waals surface area contributed by atoms with Gasteiger partial charge in [-0.1, -0.05) is 11.6 Å². The zero-order valence-electron chi connectivity index (χ0n) is 17.8. The molecule has 0 aliphatic carbocycles. The zero-order chi connectivity index (χ0) is 22.5. The van der Waals surface area contributed by atoms with E-state index in [1.807, 2.05) is 25.9 Å². The summed E-state index contributed by atoms with van der Waals surface area (Å²) >= 11 is 6.27. The molecular weight excluding hydrogens is 418 g/mol. The average Bonchev–Trinajstić information content (AvgIpc) is 3.00. The van der Waals surface area contributed by atoms with Crippen LogP contribution in [0.1, 0.15) is 30.5 Å². The number of likely N-dealkylation sites (tertiary alicyclic amines) is 1. The van der Waals surface area contributed by atoms with Gasteiger partial charge < -0.3 is 19.6 Å². The van der Waals surface area contributed by atoms with Gasteiger partial charge in [0.2, 0.25) is 0 Å². The molecule has 1 atom stereocenters. The normalized spacial score (nSPS) is 18.1. The molecule has 1 amide bonds. The Labute approximate surface area is 186 Å². The fourth-order valence-electron chi connectivity index (χ4n) is 3.64. The van der Waals surface area contributed by atoms with Crippen molar-refractivity contribution in [3.63, 3.8) is 0 Å². The van der Waals surface area contributed by atoms with Crippen LogP contribution in [0.3, 0.4) is 0 Å². The van der Waals surface area contributed by atoms with Crippen molar-refractivity contribution < 1.29 is 19.4 Å². The van der Waals surface area contributed by atoms with Crippen LogP contribution < -0.4 is 4.74 Å². The molecular formula is C23H26ClN3O4. The number of benzene rings is 1. The maximum atomic E-state index is 13.0. The highest BCUT2D eigenvalue weighted by molar-refractivity contribution is 6.46. The third-order valence-electron chi connectivity index (χ3n) is 5.07. The van der Waals surface area contributed by atoms with Crippen molar-refractivity contribution >= 4 is 29.1 Å². The molecule has 8 heteroatoms. The minimum Gasteiger partial charge on any atom is -0.507 e. The number of hydrogen-bond donors (Lipinski definition) is 1. The maximum Gasteiger partial charge on any atom is 0.295 e. The van der Waals surface area contributed by atoms with Crippen LogP contribution in [0.2, 0.25) is 5.02 Å². The lowest BCUT2D eigenvalue weighted by atomic mass is 9.96. The first-order chi connectivity index (χ1) is 14.8. The molecule has 7 nitrogen and oxygen atoms in total. The Hall–Kier alpha value is -2.90. The quantitative estimate of drug-likeness (QED) is 0.382. The van der Waals surface area contributed by atoms with Crippen LogP contribution in [0.4, 0.5) is 0 Å². The molecule has 0 spiro atoms. The van der Waals surface area contributed by atoms with Crippen LogP contribution in [-0.4, -0.2) is 65.4 Å². The van der Waals surface area contributed by atoms with Gasteiger partial charge in [0.15, 0.2) is 0 Å². The van der Waals surface area contributed by atoms with Gasteiger partial charge in [0.1, 0.15) is 11.5 Å². The van der Waals surface area contributed by atoms with E-state index in [0.29, 0.717) is 41.5 Å². The molecule has 0 bridgehead atoms. The molecule has 1 aromatic carbocycles. The van der Waals surface area contributed by atoms with Gasteiger partial charge in [-0.05, 0) is 69.9 Å². The number of ketones is 1. The molecule has 164 valence electrons. The molecule has 1 fully saturated rings. The van der Waals surface area contributed by atoms with Gasteiger partial charge >= 0.3 is 0 Å². The predicted molar refractivity (Wildman–Crippen MR) is 119 cm³/mol. The number of amides is 1. The van der Waals surface area contributed by atoms with E-state index in [1.165, 1.54) is 11.0 Å². The van der Waals surface area contributed by atoms with Gasteiger partial charge in [-0.15, -0.1) is 0 Å². The second kappa shape index (κ2) is 9.94. The monoisotopic (exact) mass is 443 g/mol. The lowest BCUT2D eigenvalue weighted by molar-refractivity contribution is -0.139. The number of carbonyl (C=O) groups is 2. The highest BCUT2D eigenvalue weighted by Crippen LogP contribution is 2.40. The van der Waals surface area contributed by atoms with E-state index in [1.54, 1.807) is 36.7 Å². The summed E-state index contributed by atoms with van der Waals surface area (Å²) < 4.78 is 5.44. The number of rotatable bonds is 8. The van der Waals surface area contributed by atoms with Gasteiger partial charge in [-0.2, -0.15) is 0 Å². The van der Waals surface area contributed by atoms with E-state index in [9.17, 15) is 14.7 Å². The SMILES string of the molecule is CCOc1ccc(/C(O)=C2/C(=O)C(=O)N(CCCN(C)C)C2c2ccncc2)cc1Cl. The second-order valence-corrected chi connectivity index (χ2v) is 7.92. The standard InChI is InChI=1S/C23H26ClN3O4/c1-4-31-18-7-6-16(14-17(18)24)21(28)19-20(15-8-10-25-11-9-15)27(23(30)22(19)29)13-5-12-26(2)3/h6-11,14,20,28H,4-5,12-13H2,1-3H3/b21-19-. The van der Waals surface area contributed by atoms with E-state index in [0.717, 1.165) is 6.54 Å². The van der Waals surface area contributed by atoms with Crippen LogP contribution >= 0.6 is 11.6 Å². The van der Waals surface area contributed by atoms with E-state index in [4.69, 9.17) is 16.3 Å². The van der Waals surface area contributed by atoms with Gasteiger partial charge in [-0.3, -0.25) is 14.6 Å². The minimum absolute atomic E-state index is 0.0429. The van der Waals surface area contributed by atoms with Crippen molar-refractivity contribution in [1.82, 2.24) is 14.8 Å². The molecule has 31 heavy (non-hydrogen) atoms. The lowest BCUT2D eigenvalue weighted by Crippen LogP contribution is -2.32. The highest BCUT2D eigenvalue weighted by Gasteiger charge is 2.45. The molecule has 0 saturated carbocycles. The molecule has 2 aromatic rings. The Morgan fingerprint density at radius 1 is 1.23 bits per heavy atom. The van der Waals surface area contributed by atoms with Crippen LogP contribution in [0, 0.1) is 0 Å². The highest BCUT2D eigenvalue weighted by atomic mass is 35.5. The Kier molecular flexibility index (Phi) is 7.30. The number of pyridine rings is 1. The minimum atomic E-state index is -0.714. The van der Waals surface area contributed by atoms with Crippen molar-refractivity contribution in [2.45, 2.75) is 19.4 Å². The van der Waals surface area contributed by atoms with Crippen LogP contribution in [0.15, 0.2) is 48.3 Å². The summed E-state index contributed by atoms with van der Waals surface area (Å²) in [7, 11) is 3.90. The molecule has 3 rings (SSSR count). The van der Waals surface area contributed by atoms with Gasteiger partial charge in [-0.25, -0.2) is 0 Å². The Morgan fingerprint density at radius 3 is 2.55 bits per heavy atom. The third kappa shape index (κ3) is 4.89. The molecule has 1 aliphatic rings. The predicted octanol–water partition coefficient (Wildman–Crippen LogP) is 3.51. The second-order valence-electron chi connectivity index (χ2n) is 7.51. The number of aromatic nitrogens is 1. The van der Waals surface area contributed by atoms with Gasteiger partial charge in [0, 0.05) is 24.5 Å². The number of hydrogen-bond acceptors (Lipinski definition) is 6. The topological polar surface area (TPSA) is 83.0 Å². The van der Waals surface area contributed by atoms with E-state index < -0.39 is 17.7 Å². The summed E-state index contributed by atoms with van der Waals surface area (Å²) in [6.45, 7) is 3.44. The molecule has 1 saturated heterocycles. The first-order valence-electron chi connectivity index (χ1n) is 10.1. The van der Waals surface area contributed by atoms with Crippen molar-refractivity contribution in [2.24, 2.45) is 0 Å². The Bertz CT molecular complexity index is 992. The first-order valence-corrected chi connectivity index (χ1v) is 10.5. The third-order valence-corrected chi connectivity index (χ3v) is 5.37. The van der Waals surface area contributed by atoms with Gasteiger partial charge in [0.05, 0.1) is 23.2 Å². The van der Waals surface area contributed by atoms with Crippen molar-refractivity contribution in [3.8, 4) is 5.75 Å². The van der Waals surface area contributed by atoms with Crippen LogP contribution in [-0.2, 0) is 9.59 Å². The van der Waals surface area contributed by atoms with Gasteiger partial charge in [0.25, 0.3) is 11.7 Å². The van der Waals surface area contributed by atoms with E-state index >= 15 is 0 Å². The Balaban J connectivity index is 2.06. The zero-order valence-corrected chi connectivity index (χ0v) is 18.6. The van der Waals surface area contributed by atoms with E-state index in [2.05, 4.69) is 4.98 Å². The molecule has 2 heterocycles. The summed E-state index contributed by atoms with van der Waals surface area (Å²) in [6, 6.07) is 7.58. The number of ether oxygens (including phenoxy) is 1. The number of aliphatic hydroxyl groups excluding tert-OH is 1. The Morgan fingerprint density at radius 2 is 1.94 bits per heavy atom. The summed E-state index contributed by atoms with van der Waals surface area (Å²) in [6.07, 6.45) is 3.89.